The summed E-state index contributed by atoms with van der Waals surface area (Å²) in [6, 6.07) is 25.8. The minimum atomic E-state index is -0.518. The second-order valence-corrected chi connectivity index (χ2v) is 7.33. The van der Waals surface area contributed by atoms with Gasteiger partial charge in [0.25, 0.3) is 11.8 Å². The second-order valence-electron chi connectivity index (χ2n) is 7.33. The highest BCUT2D eigenvalue weighted by Gasteiger charge is 2.27. The average molecular weight is 420 g/mol. The van der Waals surface area contributed by atoms with Gasteiger partial charge < -0.3 is 10.6 Å². The van der Waals surface area contributed by atoms with Gasteiger partial charge in [0.2, 0.25) is 0 Å². The number of carbonyl (C=O) groups is 2. The summed E-state index contributed by atoms with van der Waals surface area (Å²) in [5.74, 6) is -0.521. The molecular formula is C26H20N4O2. The van der Waals surface area contributed by atoms with Crippen LogP contribution in [0.1, 0.15) is 32.6 Å². The van der Waals surface area contributed by atoms with E-state index in [1.165, 1.54) is 0 Å². The van der Waals surface area contributed by atoms with Crippen molar-refractivity contribution in [3.63, 3.8) is 0 Å². The highest BCUT2D eigenvalue weighted by molar-refractivity contribution is 6.20. The van der Waals surface area contributed by atoms with E-state index < -0.39 is 5.91 Å². The molecule has 0 unspecified atom stereocenters. The van der Waals surface area contributed by atoms with Crippen molar-refractivity contribution in [2.45, 2.75) is 13.5 Å². The highest BCUT2D eigenvalue weighted by Crippen LogP contribution is 2.30. The summed E-state index contributed by atoms with van der Waals surface area (Å²) in [4.78, 5) is 30.0. The van der Waals surface area contributed by atoms with Crippen LogP contribution in [0, 0.1) is 18.3 Å². The molecule has 0 saturated carbocycles. The molecule has 0 radical (unpaired) electrons. The number of nitrogens with zero attached hydrogens (tertiary/aromatic N) is 2. The van der Waals surface area contributed by atoms with Crippen LogP contribution in [-0.4, -0.2) is 17.6 Å². The second kappa shape index (κ2) is 9.11. The third-order valence-electron chi connectivity index (χ3n) is 5.08. The van der Waals surface area contributed by atoms with Crippen molar-refractivity contribution in [2.24, 2.45) is 4.99 Å². The van der Waals surface area contributed by atoms with Crippen molar-refractivity contribution < 1.29 is 9.59 Å². The Morgan fingerprint density at radius 1 is 0.906 bits per heavy atom. The zero-order valence-corrected chi connectivity index (χ0v) is 17.4. The van der Waals surface area contributed by atoms with Gasteiger partial charge in [-0.2, -0.15) is 5.26 Å². The third-order valence-corrected chi connectivity index (χ3v) is 5.08. The Kier molecular flexibility index (Phi) is 5.91. The minimum Gasteiger partial charge on any atom is -0.347 e. The SMILES string of the molecule is Cc1ccc(C(=O)NC2=N/C(=C(\C#N)C(=O)NCc3ccccc3)c3ccccc32)cc1. The van der Waals surface area contributed by atoms with Crippen molar-refractivity contribution in [3.05, 3.63) is 112 Å². The Balaban J connectivity index is 1.63. The fraction of sp³-hybridized carbons (Fsp3) is 0.0769. The molecular weight excluding hydrogens is 400 g/mol. The van der Waals surface area contributed by atoms with E-state index in [1.807, 2.05) is 61.5 Å². The van der Waals surface area contributed by atoms with Crippen molar-refractivity contribution >= 4 is 23.3 Å². The van der Waals surface area contributed by atoms with Crippen LogP contribution in [0.3, 0.4) is 0 Å². The first kappa shape index (κ1) is 20.8. The molecule has 2 N–H and O–H groups in total. The van der Waals surface area contributed by atoms with Gasteiger partial charge in [0.1, 0.15) is 17.5 Å². The van der Waals surface area contributed by atoms with E-state index in [1.54, 1.807) is 30.3 Å². The van der Waals surface area contributed by atoms with Crippen LogP contribution in [-0.2, 0) is 11.3 Å². The summed E-state index contributed by atoms with van der Waals surface area (Å²) in [5, 5.41) is 15.3. The summed E-state index contributed by atoms with van der Waals surface area (Å²) in [7, 11) is 0. The van der Waals surface area contributed by atoms with Gasteiger partial charge in [-0.25, -0.2) is 4.99 Å². The smallest absolute Gasteiger partial charge is 0.264 e. The maximum Gasteiger partial charge on any atom is 0.264 e. The number of aliphatic imine (C=N–C) groups is 1. The van der Waals surface area contributed by atoms with E-state index >= 15 is 0 Å². The summed E-state index contributed by atoms with van der Waals surface area (Å²) in [5.41, 5.74) is 3.89. The summed E-state index contributed by atoms with van der Waals surface area (Å²) in [6.45, 7) is 2.24. The van der Waals surface area contributed by atoms with E-state index in [0.717, 1.165) is 11.1 Å². The van der Waals surface area contributed by atoms with Crippen LogP contribution < -0.4 is 10.6 Å². The van der Waals surface area contributed by atoms with Crippen LogP contribution in [0.5, 0.6) is 0 Å². The minimum absolute atomic E-state index is 0.104. The number of amides is 2. The summed E-state index contributed by atoms with van der Waals surface area (Å²) >= 11 is 0. The molecule has 0 aliphatic carbocycles. The average Bonchev–Trinajstić information content (AvgIpc) is 3.17. The largest absolute Gasteiger partial charge is 0.347 e. The number of benzene rings is 3. The third kappa shape index (κ3) is 4.32. The summed E-state index contributed by atoms with van der Waals surface area (Å²) in [6.07, 6.45) is 0. The van der Waals surface area contributed by atoms with Crippen LogP contribution in [0.4, 0.5) is 0 Å². The van der Waals surface area contributed by atoms with Crippen molar-refractivity contribution in [3.8, 4) is 6.07 Å². The number of nitriles is 1. The number of nitrogens with one attached hydrogen (secondary N) is 2. The maximum atomic E-state index is 12.8. The maximum absolute atomic E-state index is 12.8. The van der Waals surface area contributed by atoms with Crippen molar-refractivity contribution in [1.29, 1.82) is 5.26 Å². The lowest BCUT2D eigenvalue weighted by Gasteiger charge is -2.06. The Labute approximate surface area is 185 Å². The Morgan fingerprint density at radius 3 is 2.25 bits per heavy atom. The van der Waals surface area contributed by atoms with Gasteiger partial charge in [-0.05, 0) is 24.6 Å². The predicted octanol–water partition coefficient (Wildman–Crippen LogP) is 3.74. The molecule has 0 aromatic heterocycles. The highest BCUT2D eigenvalue weighted by atomic mass is 16.2. The van der Waals surface area contributed by atoms with Crippen LogP contribution in [0.2, 0.25) is 0 Å². The molecule has 4 rings (SSSR count). The first-order valence-corrected chi connectivity index (χ1v) is 10.1. The first-order chi connectivity index (χ1) is 15.6. The lowest BCUT2D eigenvalue weighted by atomic mass is 10.0. The Bertz CT molecular complexity index is 1280. The number of hydrogen-bond acceptors (Lipinski definition) is 4. The molecule has 3 aromatic rings. The molecule has 3 aromatic carbocycles. The molecule has 6 heteroatoms. The lowest BCUT2D eigenvalue weighted by Crippen LogP contribution is -2.30. The molecule has 1 aliphatic rings. The molecule has 1 aliphatic heterocycles. The van der Waals surface area contributed by atoms with Gasteiger partial charge in [0, 0.05) is 23.2 Å². The number of aryl methyl sites for hydroxylation is 1. The monoisotopic (exact) mass is 420 g/mol. The first-order valence-electron chi connectivity index (χ1n) is 10.1. The number of fused-ring (bicyclic) bond motifs is 1. The van der Waals surface area contributed by atoms with Gasteiger partial charge in [-0.15, -0.1) is 0 Å². The van der Waals surface area contributed by atoms with Crippen LogP contribution in [0.15, 0.2) is 89.4 Å². The molecule has 32 heavy (non-hydrogen) atoms. The Hall–Kier alpha value is -4.50. The van der Waals surface area contributed by atoms with Crippen LogP contribution in [0.25, 0.3) is 5.70 Å². The standard InChI is InChI=1S/C26H20N4O2/c1-17-11-13-19(14-12-17)25(31)30-24-21-10-6-5-9-20(21)23(29-24)22(15-27)26(32)28-16-18-7-3-2-4-8-18/h2-14H,16H2,1H3,(H,28,32)(H,29,30,31)/b23-22+. The number of carbonyl (C=O) groups excluding carboxylic acids is 2. The van der Waals surface area contributed by atoms with Gasteiger partial charge in [-0.3, -0.25) is 9.59 Å². The van der Waals surface area contributed by atoms with E-state index in [0.29, 0.717) is 29.1 Å². The van der Waals surface area contributed by atoms with Crippen molar-refractivity contribution in [2.75, 3.05) is 0 Å². The Morgan fingerprint density at radius 2 is 1.56 bits per heavy atom. The lowest BCUT2D eigenvalue weighted by molar-refractivity contribution is -0.117. The fourth-order valence-electron chi connectivity index (χ4n) is 3.38. The molecule has 0 fully saturated rings. The van der Waals surface area contributed by atoms with Gasteiger partial charge >= 0.3 is 0 Å². The van der Waals surface area contributed by atoms with Gasteiger partial charge in [-0.1, -0.05) is 72.3 Å². The number of amidine groups is 1. The molecule has 0 atom stereocenters. The molecule has 156 valence electrons. The molecule has 2 amide bonds. The molecule has 0 bridgehead atoms. The predicted molar refractivity (Wildman–Crippen MR) is 122 cm³/mol. The molecule has 0 spiro atoms. The fourth-order valence-corrected chi connectivity index (χ4v) is 3.38. The number of rotatable bonds is 4. The van der Waals surface area contributed by atoms with Gasteiger partial charge in [0.05, 0.1) is 5.70 Å². The quantitative estimate of drug-likeness (QED) is 0.497. The van der Waals surface area contributed by atoms with E-state index in [2.05, 4.69) is 15.6 Å². The topological polar surface area (TPSA) is 94.3 Å². The molecule has 6 nitrogen and oxygen atoms in total. The van der Waals surface area contributed by atoms with E-state index in [-0.39, 0.29) is 17.2 Å². The van der Waals surface area contributed by atoms with E-state index in [9.17, 15) is 14.9 Å². The number of hydrogen-bond donors (Lipinski definition) is 2. The van der Waals surface area contributed by atoms with Gasteiger partial charge in [0.15, 0.2) is 0 Å². The molecule has 1 heterocycles. The zero-order valence-electron chi connectivity index (χ0n) is 17.4. The zero-order chi connectivity index (χ0) is 22.5. The molecule has 0 saturated heterocycles. The van der Waals surface area contributed by atoms with Crippen LogP contribution >= 0.6 is 0 Å². The van der Waals surface area contributed by atoms with E-state index in [4.69, 9.17) is 0 Å². The summed E-state index contributed by atoms with van der Waals surface area (Å²) < 4.78 is 0. The van der Waals surface area contributed by atoms with Crippen molar-refractivity contribution in [1.82, 2.24) is 10.6 Å². The normalized spacial score (nSPS) is 13.4.